The molecule has 1 N–H and O–H groups in total. The summed E-state index contributed by atoms with van der Waals surface area (Å²) in [5.74, 6) is -0.0815. The summed E-state index contributed by atoms with van der Waals surface area (Å²) >= 11 is 0. The Labute approximate surface area is 182 Å². The Balaban J connectivity index is 1.57. The van der Waals surface area contributed by atoms with Crippen LogP contribution in [-0.4, -0.2) is 34.0 Å². The van der Waals surface area contributed by atoms with Crippen molar-refractivity contribution in [3.63, 3.8) is 0 Å². The van der Waals surface area contributed by atoms with Gasteiger partial charge in [0, 0.05) is 19.0 Å². The molecule has 1 unspecified atom stereocenters. The summed E-state index contributed by atoms with van der Waals surface area (Å²) < 4.78 is 13.1. The van der Waals surface area contributed by atoms with Crippen LogP contribution in [0.15, 0.2) is 60.8 Å². The molecule has 5 heteroatoms. The number of rotatable bonds is 5. The number of aromatic nitrogens is 1. The Morgan fingerprint density at radius 2 is 2.00 bits per heavy atom. The molecule has 1 saturated heterocycles. The van der Waals surface area contributed by atoms with Gasteiger partial charge in [0.25, 0.3) is 5.91 Å². The van der Waals surface area contributed by atoms with Crippen molar-refractivity contribution in [3.8, 4) is 11.1 Å². The number of benzene rings is 2. The van der Waals surface area contributed by atoms with Crippen molar-refractivity contribution < 1.29 is 14.3 Å². The number of pyridine rings is 1. The number of likely N-dealkylation sites (tertiary alicyclic amines) is 1. The van der Waals surface area contributed by atoms with E-state index in [9.17, 15) is 14.3 Å². The first-order valence-corrected chi connectivity index (χ1v) is 10.7. The second-order valence-corrected chi connectivity index (χ2v) is 8.41. The van der Waals surface area contributed by atoms with E-state index in [4.69, 9.17) is 0 Å². The Hall–Kier alpha value is -3.05. The third kappa shape index (κ3) is 4.37. The van der Waals surface area contributed by atoms with Crippen LogP contribution in [0.5, 0.6) is 0 Å². The fourth-order valence-electron chi connectivity index (χ4n) is 4.43. The highest BCUT2D eigenvalue weighted by Crippen LogP contribution is 2.35. The molecule has 31 heavy (non-hydrogen) atoms. The molecule has 0 saturated carbocycles. The molecule has 3 aromatic rings. The van der Waals surface area contributed by atoms with Crippen molar-refractivity contribution >= 4 is 5.91 Å². The van der Waals surface area contributed by atoms with Gasteiger partial charge in [0.2, 0.25) is 0 Å². The van der Waals surface area contributed by atoms with E-state index in [1.807, 2.05) is 6.07 Å². The van der Waals surface area contributed by atoms with Gasteiger partial charge in [0.1, 0.15) is 11.5 Å². The molecule has 2 heterocycles. The molecule has 0 spiro atoms. The zero-order valence-corrected chi connectivity index (χ0v) is 17.9. The molecule has 1 fully saturated rings. The molecule has 160 valence electrons. The summed E-state index contributed by atoms with van der Waals surface area (Å²) in [6.07, 6.45) is 1.89. The van der Waals surface area contributed by atoms with Crippen molar-refractivity contribution in [1.82, 2.24) is 9.88 Å². The molecule has 4 rings (SSSR count). The average Bonchev–Trinajstić information content (AvgIpc) is 3.28. The van der Waals surface area contributed by atoms with E-state index < -0.39 is 5.82 Å². The van der Waals surface area contributed by atoms with E-state index in [0.29, 0.717) is 19.0 Å². The van der Waals surface area contributed by atoms with E-state index in [-0.39, 0.29) is 24.1 Å². The molecule has 0 bridgehead atoms. The van der Waals surface area contributed by atoms with Crippen LogP contribution >= 0.6 is 0 Å². The monoisotopic (exact) mass is 418 g/mol. The summed E-state index contributed by atoms with van der Waals surface area (Å²) in [5.41, 5.74) is 5.79. The number of aliphatic hydroxyl groups is 1. The van der Waals surface area contributed by atoms with Gasteiger partial charge in [-0.1, -0.05) is 50.2 Å². The fraction of sp³-hybridized carbons (Fsp3) is 0.308. The van der Waals surface area contributed by atoms with Crippen LogP contribution in [0.3, 0.4) is 0 Å². The second kappa shape index (κ2) is 8.98. The number of aliphatic hydroxyl groups excluding tert-OH is 1. The number of hydrogen-bond donors (Lipinski definition) is 1. The molecule has 1 aliphatic rings. The minimum absolute atomic E-state index is 0.0447. The molecule has 0 radical (unpaired) electrons. The number of halogens is 1. The van der Waals surface area contributed by atoms with Gasteiger partial charge in [0.15, 0.2) is 0 Å². The van der Waals surface area contributed by atoms with Gasteiger partial charge in [-0.3, -0.25) is 4.79 Å². The summed E-state index contributed by atoms with van der Waals surface area (Å²) in [5, 5.41) is 10.1. The summed E-state index contributed by atoms with van der Waals surface area (Å²) in [6, 6.07) is 17.3. The first-order valence-electron chi connectivity index (χ1n) is 10.7. The van der Waals surface area contributed by atoms with Crippen molar-refractivity contribution in [1.29, 1.82) is 0 Å². The quantitative estimate of drug-likeness (QED) is 0.625. The Bertz CT molecular complexity index is 1080. The number of carbonyl (C=O) groups excluding carboxylic acids is 1. The summed E-state index contributed by atoms with van der Waals surface area (Å²) in [7, 11) is 0. The van der Waals surface area contributed by atoms with E-state index in [1.165, 1.54) is 23.3 Å². The Morgan fingerprint density at radius 3 is 2.71 bits per heavy atom. The average molecular weight is 419 g/mol. The van der Waals surface area contributed by atoms with Crippen LogP contribution in [0.4, 0.5) is 4.39 Å². The predicted molar refractivity (Wildman–Crippen MR) is 119 cm³/mol. The molecular formula is C26H27FN2O2. The zero-order chi connectivity index (χ0) is 22.0. The normalized spacial score (nSPS) is 16.2. The highest BCUT2D eigenvalue weighted by molar-refractivity contribution is 5.92. The molecular weight excluding hydrogens is 391 g/mol. The second-order valence-electron chi connectivity index (χ2n) is 8.41. The third-order valence-corrected chi connectivity index (χ3v) is 6.07. The molecule has 1 amide bonds. The van der Waals surface area contributed by atoms with Gasteiger partial charge < -0.3 is 10.0 Å². The standard InChI is InChI=1S/C26H27FN2O2/c1-17(2)22-5-3-4-6-24(22)18-7-9-23(20(13-18)16-30)19-11-12-29(15-19)26(31)25-10-8-21(27)14-28-25/h3-10,13-14,17,19,30H,11-12,15-16H2,1-2H3. The topological polar surface area (TPSA) is 53.4 Å². The Kier molecular flexibility index (Phi) is 6.14. The Morgan fingerprint density at radius 1 is 1.19 bits per heavy atom. The van der Waals surface area contributed by atoms with Crippen LogP contribution in [0.1, 0.15) is 59.3 Å². The van der Waals surface area contributed by atoms with E-state index in [1.54, 1.807) is 4.90 Å². The van der Waals surface area contributed by atoms with E-state index in [2.05, 4.69) is 55.2 Å². The lowest BCUT2D eigenvalue weighted by atomic mass is 9.88. The molecule has 0 aliphatic carbocycles. The first kappa shape index (κ1) is 21.2. The number of hydrogen-bond acceptors (Lipinski definition) is 3. The predicted octanol–water partition coefficient (Wildman–Crippen LogP) is 5.13. The van der Waals surface area contributed by atoms with Gasteiger partial charge in [-0.25, -0.2) is 9.37 Å². The van der Waals surface area contributed by atoms with Crippen molar-refractivity contribution in [3.05, 3.63) is 89.0 Å². The van der Waals surface area contributed by atoms with Crippen molar-refractivity contribution in [2.24, 2.45) is 0 Å². The van der Waals surface area contributed by atoms with E-state index in [0.717, 1.165) is 29.3 Å². The lowest BCUT2D eigenvalue weighted by molar-refractivity contribution is 0.0785. The lowest BCUT2D eigenvalue weighted by Gasteiger charge is -2.19. The highest BCUT2D eigenvalue weighted by atomic mass is 19.1. The van der Waals surface area contributed by atoms with Gasteiger partial charge in [0.05, 0.1) is 12.8 Å². The van der Waals surface area contributed by atoms with Gasteiger partial charge in [-0.05, 0) is 58.4 Å². The fourth-order valence-corrected chi connectivity index (χ4v) is 4.43. The number of carbonyl (C=O) groups is 1. The maximum Gasteiger partial charge on any atom is 0.272 e. The highest BCUT2D eigenvalue weighted by Gasteiger charge is 2.30. The first-order chi connectivity index (χ1) is 15.0. The minimum Gasteiger partial charge on any atom is -0.392 e. The SMILES string of the molecule is CC(C)c1ccccc1-c1ccc(C2CCN(C(=O)c3ccc(F)cn3)C2)c(CO)c1. The number of amides is 1. The number of nitrogens with zero attached hydrogens (tertiary/aromatic N) is 2. The minimum atomic E-state index is -0.456. The summed E-state index contributed by atoms with van der Waals surface area (Å²) in [6.45, 7) is 5.50. The third-order valence-electron chi connectivity index (χ3n) is 6.07. The smallest absolute Gasteiger partial charge is 0.272 e. The lowest BCUT2D eigenvalue weighted by Crippen LogP contribution is -2.29. The largest absolute Gasteiger partial charge is 0.392 e. The van der Waals surface area contributed by atoms with Gasteiger partial charge >= 0.3 is 0 Å². The van der Waals surface area contributed by atoms with Crippen LogP contribution in [-0.2, 0) is 6.61 Å². The van der Waals surface area contributed by atoms with Crippen molar-refractivity contribution in [2.45, 2.75) is 38.7 Å². The molecule has 1 aromatic heterocycles. The molecule has 2 aromatic carbocycles. The molecule has 1 atom stereocenters. The zero-order valence-electron chi connectivity index (χ0n) is 17.9. The maximum absolute atomic E-state index is 13.1. The van der Waals surface area contributed by atoms with Crippen LogP contribution < -0.4 is 0 Å². The van der Waals surface area contributed by atoms with Crippen molar-refractivity contribution in [2.75, 3.05) is 13.1 Å². The van der Waals surface area contributed by atoms with Gasteiger partial charge in [-0.15, -0.1) is 0 Å². The van der Waals surface area contributed by atoms with Gasteiger partial charge in [-0.2, -0.15) is 0 Å². The van der Waals surface area contributed by atoms with Crippen LogP contribution in [0, 0.1) is 5.82 Å². The summed E-state index contributed by atoms with van der Waals surface area (Å²) in [4.78, 5) is 18.4. The van der Waals surface area contributed by atoms with Crippen LogP contribution in [0.25, 0.3) is 11.1 Å². The van der Waals surface area contributed by atoms with E-state index >= 15 is 0 Å². The molecule has 1 aliphatic heterocycles. The molecule has 4 nitrogen and oxygen atoms in total. The van der Waals surface area contributed by atoms with Crippen LogP contribution in [0.2, 0.25) is 0 Å². The maximum atomic E-state index is 13.1.